The van der Waals surface area contributed by atoms with Gasteiger partial charge in [0.15, 0.2) is 0 Å². The van der Waals surface area contributed by atoms with Crippen molar-refractivity contribution in [1.29, 1.82) is 0 Å². The van der Waals surface area contributed by atoms with E-state index < -0.39 is 0 Å². The third-order valence-corrected chi connectivity index (χ3v) is 3.78. The molecule has 0 heterocycles. The molecular weight excluding hydrogens is 242 g/mol. The van der Waals surface area contributed by atoms with Crippen molar-refractivity contribution in [3.8, 4) is 0 Å². The van der Waals surface area contributed by atoms with Crippen LogP contribution < -0.4 is 5.32 Å². The fourth-order valence-electron chi connectivity index (χ4n) is 2.50. The lowest BCUT2D eigenvalue weighted by Crippen LogP contribution is -2.19. The molecule has 0 aliphatic carbocycles. The van der Waals surface area contributed by atoms with Gasteiger partial charge in [-0.25, -0.2) is 0 Å². The summed E-state index contributed by atoms with van der Waals surface area (Å²) >= 11 is 0. The first-order valence-electron chi connectivity index (χ1n) is 7.85. The minimum Gasteiger partial charge on any atom is -0.316 e. The Morgan fingerprint density at radius 2 is 1.90 bits per heavy atom. The maximum atomic E-state index is 3.57. The fraction of sp³-hybridized carbons (Fsp3) is 0.474. The quantitative estimate of drug-likeness (QED) is 0.488. The first-order chi connectivity index (χ1) is 9.81. The molecule has 1 unspecified atom stereocenters. The molecule has 1 heteroatoms. The van der Waals surface area contributed by atoms with Crippen molar-refractivity contribution in [2.75, 3.05) is 13.1 Å². The Morgan fingerprint density at radius 3 is 2.50 bits per heavy atom. The second kappa shape index (κ2) is 10.4. The first-order valence-corrected chi connectivity index (χ1v) is 7.85. The van der Waals surface area contributed by atoms with Crippen molar-refractivity contribution in [3.63, 3.8) is 0 Å². The average Bonchev–Trinajstić information content (AvgIpc) is 2.50. The van der Waals surface area contributed by atoms with Crippen molar-refractivity contribution >= 4 is 0 Å². The van der Waals surface area contributed by atoms with Gasteiger partial charge in [0.05, 0.1) is 0 Å². The average molecular weight is 271 g/mol. The van der Waals surface area contributed by atoms with E-state index in [9.17, 15) is 0 Å². The number of allylic oxidation sites excluding steroid dienone is 3. The van der Waals surface area contributed by atoms with Crippen LogP contribution in [0.3, 0.4) is 0 Å². The maximum absolute atomic E-state index is 3.57. The van der Waals surface area contributed by atoms with E-state index in [1.165, 1.54) is 24.0 Å². The Kier molecular flexibility index (Phi) is 8.73. The molecule has 0 amide bonds. The molecule has 0 aromatic heterocycles. The highest BCUT2D eigenvalue weighted by Crippen LogP contribution is 2.22. The van der Waals surface area contributed by atoms with Crippen molar-refractivity contribution in [1.82, 2.24) is 5.32 Å². The molecule has 0 saturated carbocycles. The predicted octanol–water partition coefficient (Wildman–Crippen LogP) is 5.07. The van der Waals surface area contributed by atoms with Crippen molar-refractivity contribution in [2.24, 2.45) is 0 Å². The molecular formula is C19H29N. The van der Waals surface area contributed by atoms with Crippen molar-refractivity contribution in [3.05, 3.63) is 59.7 Å². The number of benzene rings is 1. The maximum Gasteiger partial charge on any atom is -0.000847 e. The van der Waals surface area contributed by atoms with Gasteiger partial charge in [0, 0.05) is 0 Å². The van der Waals surface area contributed by atoms with E-state index in [4.69, 9.17) is 0 Å². The number of rotatable bonds is 9. The van der Waals surface area contributed by atoms with Crippen LogP contribution in [0.25, 0.3) is 0 Å². The van der Waals surface area contributed by atoms with Gasteiger partial charge in [-0.1, -0.05) is 61.1 Å². The Bertz CT molecular complexity index is 403. The molecule has 1 aromatic carbocycles. The van der Waals surface area contributed by atoms with Crippen LogP contribution in [0.5, 0.6) is 0 Å². The third-order valence-electron chi connectivity index (χ3n) is 3.78. The molecule has 0 aliphatic heterocycles. The smallest absolute Gasteiger partial charge is 0.000847 e. The minimum absolute atomic E-state index is 0.681. The zero-order valence-corrected chi connectivity index (χ0v) is 13.2. The molecule has 1 nitrogen and oxygen atoms in total. The topological polar surface area (TPSA) is 12.0 Å². The summed E-state index contributed by atoms with van der Waals surface area (Å²) in [4.78, 5) is 0. The highest BCUT2D eigenvalue weighted by atomic mass is 14.8. The molecule has 0 bridgehead atoms. The standard InChI is InChI=1S/C19H29N/c1-4-10-17(5-2)13-15-20-16-14-18(6-3)19-11-8-7-9-12-19/h4-5,7-12,18,20H,6,13-16H2,1-3H3/b10-4-,17-5+. The summed E-state index contributed by atoms with van der Waals surface area (Å²) < 4.78 is 0. The van der Waals surface area contributed by atoms with Gasteiger partial charge in [-0.05, 0) is 57.7 Å². The zero-order chi connectivity index (χ0) is 14.6. The zero-order valence-electron chi connectivity index (χ0n) is 13.2. The van der Waals surface area contributed by atoms with Crippen molar-refractivity contribution in [2.45, 2.75) is 46.0 Å². The Balaban J connectivity index is 2.26. The summed E-state index contributed by atoms with van der Waals surface area (Å²) in [6, 6.07) is 10.9. The van der Waals surface area contributed by atoms with Crippen LogP contribution >= 0.6 is 0 Å². The van der Waals surface area contributed by atoms with Crippen LogP contribution in [0.2, 0.25) is 0 Å². The van der Waals surface area contributed by atoms with Gasteiger partial charge in [0.1, 0.15) is 0 Å². The van der Waals surface area contributed by atoms with Crippen molar-refractivity contribution < 1.29 is 0 Å². The van der Waals surface area contributed by atoms with E-state index in [1.54, 1.807) is 0 Å². The van der Waals surface area contributed by atoms with E-state index in [0.29, 0.717) is 5.92 Å². The fourth-order valence-corrected chi connectivity index (χ4v) is 2.50. The van der Waals surface area contributed by atoms with E-state index in [1.807, 2.05) is 0 Å². The number of hydrogen-bond acceptors (Lipinski definition) is 1. The molecule has 0 saturated heterocycles. The Morgan fingerprint density at radius 1 is 1.15 bits per heavy atom. The van der Waals surface area contributed by atoms with Gasteiger partial charge in [0.2, 0.25) is 0 Å². The third kappa shape index (κ3) is 6.21. The molecule has 1 atom stereocenters. The summed E-state index contributed by atoms with van der Waals surface area (Å²) in [6.45, 7) is 8.62. The molecule has 110 valence electrons. The van der Waals surface area contributed by atoms with Gasteiger partial charge < -0.3 is 5.32 Å². The van der Waals surface area contributed by atoms with Crippen LogP contribution in [0, 0.1) is 0 Å². The Labute approximate surface area is 124 Å². The summed E-state index contributed by atoms with van der Waals surface area (Å²) in [5.41, 5.74) is 2.88. The monoisotopic (exact) mass is 271 g/mol. The molecule has 0 aliphatic rings. The summed E-state index contributed by atoms with van der Waals surface area (Å²) in [7, 11) is 0. The van der Waals surface area contributed by atoms with E-state index >= 15 is 0 Å². The number of nitrogens with one attached hydrogen (secondary N) is 1. The van der Waals surface area contributed by atoms with Gasteiger partial charge >= 0.3 is 0 Å². The lowest BCUT2D eigenvalue weighted by molar-refractivity contribution is 0.556. The number of hydrogen-bond donors (Lipinski definition) is 1. The molecule has 0 spiro atoms. The molecule has 1 N–H and O–H groups in total. The minimum atomic E-state index is 0.681. The van der Waals surface area contributed by atoms with Crippen LogP contribution in [0.1, 0.15) is 51.5 Å². The van der Waals surface area contributed by atoms with Crippen LogP contribution in [-0.4, -0.2) is 13.1 Å². The van der Waals surface area contributed by atoms with Gasteiger partial charge in [-0.15, -0.1) is 0 Å². The lowest BCUT2D eigenvalue weighted by Gasteiger charge is -2.15. The molecule has 0 fully saturated rings. The highest BCUT2D eigenvalue weighted by molar-refractivity contribution is 5.19. The molecule has 20 heavy (non-hydrogen) atoms. The van der Waals surface area contributed by atoms with Gasteiger partial charge in [-0.2, -0.15) is 0 Å². The van der Waals surface area contributed by atoms with Crippen LogP contribution in [-0.2, 0) is 0 Å². The van der Waals surface area contributed by atoms with E-state index in [-0.39, 0.29) is 0 Å². The summed E-state index contributed by atoms with van der Waals surface area (Å²) in [5, 5.41) is 3.57. The summed E-state index contributed by atoms with van der Waals surface area (Å²) in [5.74, 6) is 0.681. The second-order valence-corrected chi connectivity index (χ2v) is 5.17. The van der Waals surface area contributed by atoms with E-state index in [0.717, 1.165) is 19.5 Å². The molecule has 1 aromatic rings. The lowest BCUT2D eigenvalue weighted by atomic mass is 9.93. The normalized spacial score (nSPS) is 13.8. The van der Waals surface area contributed by atoms with Gasteiger partial charge in [0.25, 0.3) is 0 Å². The van der Waals surface area contributed by atoms with Crippen LogP contribution in [0.15, 0.2) is 54.1 Å². The van der Waals surface area contributed by atoms with Gasteiger partial charge in [-0.3, -0.25) is 0 Å². The van der Waals surface area contributed by atoms with Crippen LogP contribution in [0.4, 0.5) is 0 Å². The Hall–Kier alpha value is -1.34. The predicted molar refractivity (Wildman–Crippen MR) is 90.1 cm³/mol. The molecule has 0 radical (unpaired) electrons. The van der Waals surface area contributed by atoms with E-state index in [2.05, 4.69) is 74.6 Å². The second-order valence-electron chi connectivity index (χ2n) is 5.17. The first kappa shape index (κ1) is 16.7. The SMILES string of the molecule is C/C=C\C(=C/C)CCNCCC(CC)c1ccccc1. The highest BCUT2D eigenvalue weighted by Gasteiger charge is 2.07. The summed E-state index contributed by atoms with van der Waals surface area (Å²) in [6.07, 6.45) is 10.0. The molecule has 1 rings (SSSR count). The largest absolute Gasteiger partial charge is 0.316 e.